The van der Waals surface area contributed by atoms with E-state index in [4.69, 9.17) is 5.73 Å². The van der Waals surface area contributed by atoms with Crippen LogP contribution in [0.15, 0.2) is 24.3 Å². The molecule has 1 aromatic carbocycles. The zero-order chi connectivity index (χ0) is 13.4. The Labute approximate surface area is 118 Å². The Morgan fingerprint density at radius 1 is 1.26 bits per heavy atom. The Morgan fingerprint density at radius 2 is 2.00 bits per heavy atom. The van der Waals surface area contributed by atoms with Gasteiger partial charge < -0.3 is 21.7 Å². The van der Waals surface area contributed by atoms with E-state index in [-0.39, 0.29) is 18.3 Å². The van der Waals surface area contributed by atoms with Crippen molar-refractivity contribution in [3.8, 4) is 0 Å². The standard InChI is InChI=1S/C12H18N4O2.ClH/c1-2-14-6-7-15-11(17)9-4-3-5-10(8-9)16-12(13)18;/h3-5,8,14H,2,6-7H2,1H3,(H,15,17)(H3,13,16,18);1H. The predicted octanol–water partition coefficient (Wildman–Crippen LogP) is 0.938. The molecule has 0 aliphatic heterocycles. The highest BCUT2D eigenvalue weighted by Crippen LogP contribution is 2.10. The van der Waals surface area contributed by atoms with Gasteiger partial charge in [0.05, 0.1) is 0 Å². The Kier molecular flexibility index (Phi) is 8.32. The fraction of sp³-hybridized carbons (Fsp3) is 0.333. The van der Waals surface area contributed by atoms with Crippen LogP contribution in [0.1, 0.15) is 17.3 Å². The van der Waals surface area contributed by atoms with E-state index in [0.29, 0.717) is 17.8 Å². The first-order valence-corrected chi connectivity index (χ1v) is 5.79. The summed E-state index contributed by atoms with van der Waals surface area (Å²) in [5.41, 5.74) is 5.99. The average molecular weight is 287 g/mol. The Morgan fingerprint density at radius 3 is 2.63 bits per heavy atom. The second-order valence-corrected chi connectivity index (χ2v) is 3.68. The second kappa shape index (κ2) is 9.18. The number of rotatable bonds is 6. The molecule has 0 heterocycles. The topological polar surface area (TPSA) is 96.2 Å². The van der Waals surface area contributed by atoms with Crippen LogP contribution in [0, 0.1) is 0 Å². The van der Waals surface area contributed by atoms with Gasteiger partial charge in [-0.25, -0.2) is 4.79 Å². The third-order valence-electron chi connectivity index (χ3n) is 2.23. The van der Waals surface area contributed by atoms with E-state index in [0.717, 1.165) is 13.1 Å². The number of urea groups is 1. The molecular formula is C12H19ClN4O2. The maximum atomic E-state index is 11.8. The molecule has 106 valence electrons. The van der Waals surface area contributed by atoms with E-state index in [1.54, 1.807) is 24.3 Å². The summed E-state index contributed by atoms with van der Waals surface area (Å²) in [6.07, 6.45) is 0. The lowest BCUT2D eigenvalue weighted by Crippen LogP contribution is -2.31. The summed E-state index contributed by atoms with van der Waals surface area (Å²) in [6, 6.07) is 5.95. The highest BCUT2D eigenvalue weighted by atomic mass is 35.5. The molecule has 1 aromatic rings. The summed E-state index contributed by atoms with van der Waals surface area (Å²) >= 11 is 0. The van der Waals surface area contributed by atoms with Crippen molar-refractivity contribution in [2.75, 3.05) is 25.0 Å². The van der Waals surface area contributed by atoms with Crippen molar-refractivity contribution in [1.82, 2.24) is 10.6 Å². The predicted molar refractivity (Wildman–Crippen MR) is 77.8 cm³/mol. The van der Waals surface area contributed by atoms with E-state index in [1.807, 2.05) is 6.92 Å². The van der Waals surface area contributed by atoms with Crippen LogP contribution >= 0.6 is 12.4 Å². The number of anilines is 1. The summed E-state index contributed by atoms with van der Waals surface area (Å²) < 4.78 is 0. The van der Waals surface area contributed by atoms with Crippen LogP contribution in [-0.4, -0.2) is 31.6 Å². The number of carbonyl (C=O) groups is 2. The van der Waals surface area contributed by atoms with Crippen LogP contribution in [0.4, 0.5) is 10.5 Å². The number of hydrogen-bond donors (Lipinski definition) is 4. The molecule has 6 nitrogen and oxygen atoms in total. The van der Waals surface area contributed by atoms with Crippen molar-refractivity contribution in [2.24, 2.45) is 5.73 Å². The fourth-order valence-electron chi connectivity index (χ4n) is 1.42. The van der Waals surface area contributed by atoms with Gasteiger partial charge in [0.2, 0.25) is 0 Å². The molecule has 7 heteroatoms. The summed E-state index contributed by atoms with van der Waals surface area (Å²) in [4.78, 5) is 22.5. The zero-order valence-corrected chi connectivity index (χ0v) is 11.5. The molecule has 0 atom stereocenters. The highest BCUT2D eigenvalue weighted by Gasteiger charge is 2.05. The van der Waals surface area contributed by atoms with Gasteiger partial charge in [0.1, 0.15) is 0 Å². The Balaban J connectivity index is 0.00000324. The van der Waals surface area contributed by atoms with Gasteiger partial charge >= 0.3 is 6.03 Å². The van der Waals surface area contributed by atoms with Gasteiger partial charge in [-0.2, -0.15) is 0 Å². The van der Waals surface area contributed by atoms with Crippen LogP contribution in [0.2, 0.25) is 0 Å². The molecule has 0 aliphatic carbocycles. The lowest BCUT2D eigenvalue weighted by Gasteiger charge is -2.07. The van der Waals surface area contributed by atoms with Crippen molar-refractivity contribution in [2.45, 2.75) is 6.92 Å². The molecule has 0 aliphatic rings. The third kappa shape index (κ3) is 6.64. The Bertz CT molecular complexity index is 426. The molecule has 0 saturated heterocycles. The molecule has 0 fully saturated rings. The summed E-state index contributed by atoms with van der Waals surface area (Å²) in [7, 11) is 0. The second-order valence-electron chi connectivity index (χ2n) is 3.68. The van der Waals surface area contributed by atoms with Gasteiger partial charge in [-0.3, -0.25) is 4.79 Å². The number of primary amides is 1. The normalized spacial score (nSPS) is 9.32. The molecular weight excluding hydrogens is 268 g/mol. The average Bonchev–Trinajstić information content (AvgIpc) is 2.34. The smallest absolute Gasteiger partial charge is 0.316 e. The molecule has 0 radical (unpaired) electrons. The van der Waals surface area contributed by atoms with Crippen molar-refractivity contribution in [1.29, 1.82) is 0 Å². The monoisotopic (exact) mass is 286 g/mol. The zero-order valence-electron chi connectivity index (χ0n) is 10.7. The molecule has 19 heavy (non-hydrogen) atoms. The number of nitrogens with one attached hydrogen (secondary N) is 3. The van der Waals surface area contributed by atoms with E-state index in [1.165, 1.54) is 0 Å². The highest BCUT2D eigenvalue weighted by molar-refractivity contribution is 5.96. The first kappa shape index (κ1) is 17.2. The minimum Gasteiger partial charge on any atom is -0.351 e. The van der Waals surface area contributed by atoms with Crippen molar-refractivity contribution >= 4 is 30.0 Å². The van der Waals surface area contributed by atoms with E-state index >= 15 is 0 Å². The minimum atomic E-state index is -0.653. The number of carbonyl (C=O) groups excluding carboxylic acids is 2. The first-order valence-electron chi connectivity index (χ1n) is 5.79. The van der Waals surface area contributed by atoms with Crippen molar-refractivity contribution in [3.63, 3.8) is 0 Å². The molecule has 5 N–H and O–H groups in total. The fourth-order valence-corrected chi connectivity index (χ4v) is 1.42. The maximum absolute atomic E-state index is 11.8. The number of likely N-dealkylation sites (N-methyl/N-ethyl adjacent to an activating group) is 1. The largest absolute Gasteiger partial charge is 0.351 e. The van der Waals surface area contributed by atoms with Gasteiger partial charge in [-0.15, -0.1) is 12.4 Å². The number of benzene rings is 1. The number of amides is 3. The van der Waals surface area contributed by atoms with Gasteiger partial charge in [-0.1, -0.05) is 13.0 Å². The summed E-state index contributed by atoms with van der Waals surface area (Å²) in [6.45, 7) is 4.15. The number of halogens is 1. The van der Waals surface area contributed by atoms with Crippen molar-refractivity contribution in [3.05, 3.63) is 29.8 Å². The first-order chi connectivity index (χ1) is 8.63. The molecule has 0 aromatic heterocycles. The molecule has 1 rings (SSSR count). The molecule has 0 spiro atoms. The molecule has 0 unspecified atom stereocenters. The quantitative estimate of drug-likeness (QED) is 0.586. The van der Waals surface area contributed by atoms with E-state index in [9.17, 15) is 9.59 Å². The van der Waals surface area contributed by atoms with Crippen LogP contribution in [0.5, 0.6) is 0 Å². The summed E-state index contributed by atoms with van der Waals surface area (Å²) in [5, 5.41) is 8.30. The van der Waals surface area contributed by atoms with E-state index < -0.39 is 6.03 Å². The lowest BCUT2D eigenvalue weighted by molar-refractivity contribution is 0.0954. The van der Waals surface area contributed by atoms with Gasteiger partial charge in [0, 0.05) is 24.3 Å². The van der Waals surface area contributed by atoms with Crippen molar-refractivity contribution < 1.29 is 9.59 Å². The lowest BCUT2D eigenvalue weighted by atomic mass is 10.2. The van der Waals surface area contributed by atoms with Gasteiger partial charge in [-0.05, 0) is 24.7 Å². The molecule has 0 bridgehead atoms. The van der Waals surface area contributed by atoms with Crippen LogP contribution in [0.3, 0.4) is 0 Å². The third-order valence-corrected chi connectivity index (χ3v) is 2.23. The minimum absolute atomic E-state index is 0. The SMILES string of the molecule is CCNCCNC(=O)c1cccc(NC(N)=O)c1.Cl. The number of nitrogens with two attached hydrogens (primary N) is 1. The van der Waals surface area contributed by atoms with Crippen LogP contribution < -0.4 is 21.7 Å². The summed E-state index contributed by atoms with van der Waals surface area (Å²) in [5.74, 6) is -0.180. The maximum Gasteiger partial charge on any atom is 0.316 e. The Hall–Kier alpha value is -1.79. The van der Waals surface area contributed by atoms with Crippen LogP contribution in [-0.2, 0) is 0 Å². The number of hydrogen-bond acceptors (Lipinski definition) is 3. The van der Waals surface area contributed by atoms with E-state index in [2.05, 4.69) is 16.0 Å². The van der Waals surface area contributed by atoms with Gasteiger partial charge in [0.15, 0.2) is 0 Å². The molecule has 3 amide bonds. The van der Waals surface area contributed by atoms with Crippen LogP contribution in [0.25, 0.3) is 0 Å². The molecule has 0 saturated carbocycles. The van der Waals surface area contributed by atoms with Gasteiger partial charge in [0.25, 0.3) is 5.91 Å².